The van der Waals surface area contributed by atoms with Crippen LogP contribution in [-0.2, 0) is 19.7 Å². The zero-order chi connectivity index (χ0) is 12.1. The summed E-state index contributed by atoms with van der Waals surface area (Å²) < 4.78 is 1.81. The molecular weight excluding hydrogens is 216 g/mol. The highest BCUT2D eigenvalue weighted by molar-refractivity contribution is 5.22. The average Bonchev–Trinajstić information content (AvgIpc) is 2.78. The Bertz CT molecular complexity index is 464. The summed E-state index contributed by atoms with van der Waals surface area (Å²) in [6.45, 7) is 1.50. The molecule has 0 amide bonds. The van der Waals surface area contributed by atoms with Crippen molar-refractivity contribution in [2.24, 2.45) is 0 Å². The fourth-order valence-electron chi connectivity index (χ4n) is 1.62. The molecule has 0 unspecified atom stereocenters. The van der Waals surface area contributed by atoms with Crippen molar-refractivity contribution in [3.63, 3.8) is 0 Å². The Morgan fingerprint density at radius 1 is 1.24 bits per heavy atom. The van der Waals surface area contributed by atoms with Gasteiger partial charge in [-0.05, 0) is 18.2 Å². The second-order valence-electron chi connectivity index (χ2n) is 3.91. The van der Waals surface area contributed by atoms with Crippen molar-refractivity contribution in [3.05, 3.63) is 47.3 Å². The quantitative estimate of drug-likeness (QED) is 0.789. The SMILES string of the molecule is CNCc1cn(Cc2ccc(CO)cc2)nn1. The Morgan fingerprint density at radius 3 is 2.59 bits per heavy atom. The molecule has 0 aliphatic rings. The summed E-state index contributed by atoms with van der Waals surface area (Å²) >= 11 is 0. The normalized spacial score (nSPS) is 10.7. The molecule has 5 nitrogen and oxygen atoms in total. The predicted molar refractivity (Wildman–Crippen MR) is 64.3 cm³/mol. The minimum absolute atomic E-state index is 0.0793. The minimum atomic E-state index is 0.0793. The van der Waals surface area contributed by atoms with Crippen molar-refractivity contribution in [2.75, 3.05) is 7.05 Å². The second-order valence-corrected chi connectivity index (χ2v) is 3.91. The molecule has 1 aromatic carbocycles. The van der Waals surface area contributed by atoms with Crippen LogP contribution in [0, 0.1) is 0 Å². The van der Waals surface area contributed by atoms with Gasteiger partial charge in [-0.15, -0.1) is 5.10 Å². The molecule has 5 heteroatoms. The number of hydrogen-bond acceptors (Lipinski definition) is 4. The first kappa shape index (κ1) is 11.8. The lowest BCUT2D eigenvalue weighted by Gasteiger charge is -2.02. The van der Waals surface area contributed by atoms with E-state index in [-0.39, 0.29) is 6.61 Å². The topological polar surface area (TPSA) is 63.0 Å². The number of nitrogens with one attached hydrogen (secondary N) is 1. The molecule has 2 rings (SSSR count). The van der Waals surface area contributed by atoms with E-state index in [1.807, 2.05) is 37.5 Å². The molecule has 0 spiro atoms. The van der Waals surface area contributed by atoms with Crippen LogP contribution in [0.2, 0.25) is 0 Å². The molecule has 0 aliphatic heterocycles. The van der Waals surface area contributed by atoms with Gasteiger partial charge >= 0.3 is 0 Å². The highest BCUT2D eigenvalue weighted by Gasteiger charge is 2.00. The van der Waals surface area contributed by atoms with Crippen molar-refractivity contribution in [1.29, 1.82) is 0 Å². The highest BCUT2D eigenvalue weighted by atomic mass is 16.3. The molecule has 1 heterocycles. The summed E-state index contributed by atoms with van der Waals surface area (Å²) in [6, 6.07) is 7.82. The predicted octanol–water partition coefficient (Wildman–Crippen LogP) is 0.538. The van der Waals surface area contributed by atoms with Gasteiger partial charge in [-0.25, -0.2) is 4.68 Å². The van der Waals surface area contributed by atoms with Crippen LogP contribution >= 0.6 is 0 Å². The van der Waals surface area contributed by atoms with E-state index in [2.05, 4.69) is 15.6 Å². The molecule has 1 aromatic heterocycles. The summed E-state index contributed by atoms with van der Waals surface area (Å²) in [5.74, 6) is 0. The van der Waals surface area contributed by atoms with Gasteiger partial charge in [0, 0.05) is 6.54 Å². The van der Waals surface area contributed by atoms with E-state index in [0.29, 0.717) is 6.54 Å². The summed E-state index contributed by atoms with van der Waals surface area (Å²) in [7, 11) is 1.88. The molecule has 0 saturated carbocycles. The van der Waals surface area contributed by atoms with Gasteiger partial charge < -0.3 is 10.4 Å². The van der Waals surface area contributed by atoms with E-state index in [1.165, 1.54) is 0 Å². The van der Waals surface area contributed by atoms with Crippen LogP contribution in [0.15, 0.2) is 30.5 Å². The monoisotopic (exact) mass is 232 g/mol. The lowest BCUT2D eigenvalue weighted by atomic mass is 10.1. The fourth-order valence-corrected chi connectivity index (χ4v) is 1.62. The Labute approximate surface area is 100 Å². The van der Waals surface area contributed by atoms with E-state index < -0.39 is 0 Å². The number of aliphatic hydroxyl groups is 1. The molecule has 0 fully saturated rings. The Balaban J connectivity index is 2.03. The van der Waals surface area contributed by atoms with E-state index in [4.69, 9.17) is 5.11 Å². The molecule has 2 N–H and O–H groups in total. The number of aliphatic hydroxyl groups excluding tert-OH is 1. The number of benzene rings is 1. The van der Waals surface area contributed by atoms with Crippen LogP contribution in [0.5, 0.6) is 0 Å². The van der Waals surface area contributed by atoms with Crippen LogP contribution in [0.1, 0.15) is 16.8 Å². The molecule has 0 saturated heterocycles. The summed E-state index contributed by atoms with van der Waals surface area (Å²) in [6.07, 6.45) is 1.93. The van der Waals surface area contributed by atoms with Crippen molar-refractivity contribution in [2.45, 2.75) is 19.7 Å². The third-order valence-electron chi connectivity index (χ3n) is 2.49. The van der Waals surface area contributed by atoms with Gasteiger partial charge in [-0.2, -0.15) is 0 Å². The van der Waals surface area contributed by atoms with E-state index in [9.17, 15) is 0 Å². The lowest BCUT2D eigenvalue weighted by Crippen LogP contribution is -2.05. The third-order valence-corrected chi connectivity index (χ3v) is 2.49. The van der Waals surface area contributed by atoms with Gasteiger partial charge in [0.1, 0.15) is 0 Å². The Hall–Kier alpha value is -1.72. The van der Waals surface area contributed by atoms with Gasteiger partial charge in [0.15, 0.2) is 0 Å². The second kappa shape index (κ2) is 5.56. The number of aromatic nitrogens is 3. The molecule has 0 radical (unpaired) electrons. The van der Waals surface area contributed by atoms with Crippen LogP contribution in [0.4, 0.5) is 0 Å². The third kappa shape index (κ3) is 3.12. The molecule has 2 aromatic rings. The number of nitrogens with zero attached hydrogens (tertiary/aromatic N) is 3. The first-order chi connectivity index (χ1) is 8.31. The minimum Gasteiger partial charge on any atom is -0.392 e. The van der Waals surface area contributed by atoms with Crippen LogP contribution in [0.3, 0.4) is 0 Å². The maximum atomic E-state index is 8.95. The molecule has 0 atom stereocenters. The maximum Gasteiger partial charge on any atom is 0.0964 e. The standard InChI is InChI=1S/C12H16N4O/c1-13-6-12-8-16(15-14-12)7-10-2-4-11(9-17)5-3-10/h2-5,8,13,17H,6-7,9H2,1H3. The Kier molecular flexibility index (Phi) is 3.85. The first-order valence-electron chi connectivity index (χ1n) is 5.54. The fraction of sp³-hybridized carbons (Fsp3) is 0.333. The van der Waals surface area contributed by atoms with Gasteiger partial charge in [-0.3, -0.25) is 0 Å². The smallest absolute Gasteiger partial charge is 0.0964 e. The van der Waals surface area contributed by atoms with Crippen molar-refractivity contribution >= 4 is 0 Å². The van der Waals surface area contributed by atoms with Crippen molar-refractivity contribution in [3.8, 4) is 0 Å². The van der Waals surface area contributed by atoms with Crippen LogP contribution in [-0.4, -0.2) is 27.1 Å². The number of rotatable bonds is 5. The summed E-state index contributed by atoms with van der Waals surface area (Å²) in [5, 5.41) is 20.1. The molecule has 90 valence electrons. The summed E-state index contributed by atoms with van der Waals surface area (Å²) in [5.41, 5.74) is 2.99. The Morgan fingerprint density at radius 2 is 1.94 bits per heavy atom. The lowest BCUT2D eigenvalue weighted by molar-refractivity contribution is 0.282. The first-order valence-corrected chi connectivity index (χ1v) is 5.54. The van der Waals surface area contributed by atoms with Gasteiger partial charge in [0.05, 0.1) is 25.0 Å². The van der Waals surface area contributed by atoms with Crippen LogP contribution in [0.25, 0.3) is 0 Å². The largest absolute Gasteiger partial charge is 0.392 e. The van der Waals surface area contributed by atoms with Crippen LogP contribution < -0.4 is 5.32 Å². The van der Waals surface area contributed by atoms with Gasteiger partial charge in [0.25, 0.3) is 0 Å². The van der Waals surface area contributed by atoms with Gasteiger partial charge in [-0.1, -0.05) is 29.5 Å². The van der Waals surface area contributed by atoms with E-state index >= 15 is 0 Å². The molecular formula is C12H16N4O. The number of hydrogen-bond donors (Lipinski definition) is 2. The molecule has 17 heavy (non-hydrogen) atoms. The van der Waals surface area contributed by atoms with Gasteiger partial charge in [0.2, 0.25) is 0 Å². The zero-order valence-electron chi connectivity index (χ0n) is 9.80. The zero-order valence-corrected chi connectivity index (χ0v) is 9.80. The average molecular weight is 232 g/mol. The van der Waals surface area contributed by atoms with Crippen molar-refractivity contribution in [1.82, 2.24) is 20.3 Å². The molecule has 0 bridgehead atoms. The van der Waals surface area contributed by atoms with E-state index in [1.54, 1.807) is 4.68 Å². The summed E-state index contributed by atoms with van der Waals surface area (Å²) in [4.78, 5) is 0. The highest BCUT2D eigenvalue weighted by Crippen LogP contribution is 2.06. The maximum absolute atomic E-state index is 8.95. The molecule has 0 aliphatic carbocycles. The van der Waals surface area contributed by atoms with Crippen molar-refractivity contribution < 1.29 is 5.11 Å². The van der Waals surface area contributed by atoms with E-state index in [0.717, 1.165) is 23.4 Å².